The Balaban J connectivity index is 3.49. The van der Waals surface area contributed by atoms with Crippen LogP contribution in [0.4, 0.5) is 0 Å². The number of rotatable bonds is 10. The fraction of sp³-hybridized carbons (Fsp3) is 0.833. The summed E-state index contributed by atoms with van der Waals surface area (Å²) in [7, 11) is 0. The first-order valence-electron chi connectivity index (χ1n) is 6.38. The van der Waals surface area contributed by atoms with E-state index < -0.39 is 6.04 Å². The number of hydrogen-bond donors (Lipinski definition) is 2. The van der Waals surface area contributed by atoms with E-state index in [-0.39, 0.29) is 11.9 Å². The highest BCUT2D eigenvalue weighted by atomic mass is 32.2. The predicted octanol–water partition coefficient (Wildman–Crippen LogP) is 0.916. The zero-order valence-electron chi connectivity index (χ0n) is 11.2. The molecular weight excluding hydrogens is 252 g/mol. The molecule has 0 saturated carbocycles. The lowest BCUT2D eigenvalue weighted by Gasteiger charge is -2.10. The summed E-state index contributed by atoms with van der Waals surface area (Å²) in [6.45, 7) is 4.91. The Morgan fingerprint density at radius 3 is 2.72 bits per heavy atom. The second kappa shape index (κ2) is 11.3. The van der Waals surface area contributed by atoms with Crippen molar-refractivity contribution in [1.82, 2.24) is 5.32 Å². The third kappa shape index (κ3) is 9.30. The molecule has 0 aromatic rings. The number of amides is 1. The van der Waals surface area contributed by atoms with Crippen LogP contribution >= 0.6 is 11.8 Å². The van der Waals surface area contributed by atoms with E-state index in [1.807, 2.05) is 0 Å². The Labute approximate surface area is 113 Å². The van der Waals surface area contributed by atoms with Crippen LogP contribution in [0.25, 0.3) is 0 Å². The smallest absolute Gasteiger partial charge is 0.322 e. The highest BCUT2D eigenvalue weighted by molar-refractivity contribution is 7.99. The van der Waals surface area contributed by atoms with Gasteiger partial charge in [-0.2, -0.15) is 11.8 Å². The molecule has 0 aliphatic rings. The summed E-state index contributed by atoms with van der Waals surface area (Å²) in [4.78, 5) is 22.6. The Morgan fingerprint density at radius 1 is 1.39 bits per heavy atom. The van der Waals surface area contributed by atoms with E-state index in [9.17, 15) is 9.59 Å². The molecule has 106 valence electrons. The first kappa shape index (κ1) is 17.2. The maximum absolute atomic E-state index is 11.3. The van der Waals surface area contributed by atoms with E-state index in [0.717, 1.165) is 19.4 Å². The van der Waals surface area contributed by atoms with E-state index in [0.29, 0.717) is 24.5 Å². The molecule has 5 nitrogen and oxygen atoms in total. The van der Waals surface area contributed by atoms with Crippen molar-refractivity contribution < 1.29 is 14.3 Å². The van der Waals surface area contributed by atoms with Gasteiger partial charge < -0.3 is 15.8 Å². The van der Waals surface area contributed by atoms with Gasteiger partial charge in [0.1, 0.15) is 6.04 Å². The van der Waals surface area contributed by atoms with Crippen LogP contribution in [-0.4, -0.2) is 42.6 Å². The number of hydrogen-bond acceptors (Lipinski definition) is 5. The van der Waals surface area contributed by atoms with E-state index in [2.05, 4.69) is 12.2 Å². The first-order valence-corrected chi connectivity index (χ1v) is 7.53. The van der Waals surface area contributed by atoms with Gasteiger partial charge in [-0.3, -0.25) is 9.59 Å². The van der Waals surface area contributed by atoms with E-state index in [1.54, 1.807) is 6.92 Å². The van der Waals surface area contributed by atoms with Crippen molar-refractivity contribution in [3.8, 4) is 0 Å². The lowest BCUT2D eigenvalue weighted by molar-refractivity contribution is -0.144. The van der Waals surface area contributed by atoms with Gasteiger partial charge in [0.25, 0.3) is 0 Å². The summed E-state index contributed by atoms with van der Waals surface area (Å²) in [5.41, 5.74) is 5.63. The Hall–Kier alpha value is -0.750. The van der Waals surface area contributed by atoms with E-state index in [1.165, 1.54) is 11.8 Å². The molecule has 0 bridgehead atoms. The summed E-state index contributed by atoms with van der Waals surface area (Å²) in [6.07, 6.45) is 2.61. The van der Waals surface area contributed by atoms with Gasteiger partial charge in [-0.1, -0.05) is 13.3 Å². The third-order valence-electron chi connectivity index (χ3n) is 2.25. The van der Waals surface area contributed by atoms with Crippen molar-refractivity contribution in [2.45, 2.75) is 39.2 Å². The molecular formula is C12H24N2O3S. The fourth-order valence-corrected chi connectivity index (χ4v) is 2.05. The number of ether oxygens (including phenoxy) is 1. The number of carbonyl (C=O) groups excluding carboxylic acids is 2. The number of esters is 1. The molecule has 3 N–H and O–H groups in total. The largest absolute Gasteiger partial charge is 0.465 e. The van der Waals surface area contributed by atoms with Gasteiger partial charge in [-0.15, -0.1) is 0 Å². The average Bonchev–Trinajstić information content (AvgIpc) is 2.35. The van der Waals surface area contributed by atoms with Gasteiger partial charge in [0.2, 0.25) is 5.91 Å². The third-order valence-corrected chi connectivity index (χ3v) is 3.24. The molecule has 0 rings (SSSR count). The van der Waals surface area contributed by atoms with E-state index in [4.69, 9.17) is 10.5 Å². The highest BCUT2D eigenvalue weighted by Crippen LogP contribution is 2.04. The van der Waals surface area contributed by atoms with Gasteiger partial charge in [0.15, 0.2) is 0 Å². The standard InChI is InChI=1S/C12H24N2O3S/c1-3-5-7-14-11(15)9-18-8-6-10(13)12(16)17-4-2/h10H,3-9,13H2,1-2H3,(H,14,15). The minimum atomic E-state index is -0.583. The summed E-state index contributed by atoms with van der Waals surface area (Å²) in [5.74, 6) is 0.768. The maximum Gasteiger partial charge on any atom is 0.322 e. The minimum Gasteiger partial charge on any atom is -0.465 e. The van der Waals surface area contributed by atoms with Crippen LogP contribution in [0.15, 0.2) is 0 Å². The summed E-state index contributed by atoms with van der Waals surface area (Å²) < 4.78 is 4.79. The molecule has 0 aromatic heterocycles. The summed E-state index contributed by atoms with van der Waals surface area (Å²) in [6, 6.07) is -0.583. The zero-order valence-corrected chi connectivity index (χ0v) is 12.1. The number of thioether (sulfide) groups is 1. The normalized spacial score (nSPS) is 11.9. The lowest BCUT2D eigenvalue weighted by atomic mass is 10.2. The number of nitrogens with two attached hydrogens (primary N) is 1. The molecule has 0 aromatic carbocycles. The molecule has 0 aliphatic carbocycles. The van der Waals surface area contributed by atoms with Gasteiger partial charge in [-0.05, 0) is 25.5 Å². The number of nitrogens with one attached hydrogen (secondary N) is 1. The Kier molecular flexibility index (Phi) is 10.9. The topological polar surface area (TPSA) is 81.4 Å². The van der Waals surface area contributed by atoms with Crippen molar-refractivity contribution in [3.05, 3.63) is 0 Å². The molecule has 0 heterocycles. The molecule has 18 heavy (non-hydrogen) atoms. The average molecular weight is 276 g/mol. The Morgan fingerprint density at radius 2 is 2.11 bits per heavy atom. The molecule has 0 aliphatic heterocycles. The summed E-state index contributed by atoms with van der Waals surface area (Å²) in [5, 5.41) is 2.83. The quantitative estimate of drug-likeness (QED) is 0.458. The van der Waals surface area contributed by atoms with E-state index >= 15 is 0 Å². The molecule has 0 saturated heterocycles. The maximum atomic E-state index is 11.3. The molecule has 1 amide bonds. The molecule has 1 atom stereocenters. The number of unbranched alkanes of at least 4 members (excludes halogenated alkanes) is 1. The first-order chi connectivity index (χ1) is 8.61. The van der Waals surface area contributed by atoms with Crippen LogP contribution in [-0.2, 0) is 14.3 Å². The van der Waals surface area contributed by atoms with Crippen molar-refractivity contribution in [2.75, 3.05) is 24.7 Å². The Bertz CT molecular complexity index is 249. The molecule has 0 radical (unpaired) electrons. The van der Waals surface area contributed by atoms with Crippen molar-refractivity contribution in [1.29, 1.82) is 0 Å². The van der Waals surface area contributed by atoms with Crippen LogP contribution < -0.4 is 11.1 Å². The van der Waals surface area contributed by atoms with Gasteiger partial charge in [0.05, 0.1) is 12.4 Å². The van der Waals surface area contributed by atoms with Gasteiger partial charge in [0, 0.05) is 6.54 Å². The fourth-order valence-electron chi connectivity index (χ4n) is 1.20. The zero-order chi connectivity index (χ0) is 13.8. The second-order valence-corrected chi connectivity index (χ2v) is 5.01. The van der Waals surface area contributed by atoms with Gasteiger partial charge >= 0.3 is 5.97 Å². The number of carbonyl (C=O) groups is 2. The second-order valence-electron chi connectivity index (χ2n) is 3.90. The highest BCUT2D eigenvalue weighted by Gasteiger charge is 2.13. The summed E-state index contributed by atoms with van der Waals surface area (Å²) >= 11 is 1.48. The molecule has 1 unspecified atom stereocenters. The predicted molar refractivity (Wildman–Crippen MR) is 74.5 cm³/mol. The van der Waals surface area contributed by atoms with Crippen molar-refractivity contribution >= 4 is 23.6 Å². The van der Waals surface area contributed by atoms with Crippen molar-refractivity contribution in [3.63, 3.8) is 0 Å². The minimum absolute atomic E-state index is 0.0400. The monoisotopic (exact) mass is 276 g/mol. The van der Waals surface area contributed by atoms with Crippen LogP contribution in [0.5, 0.6) is 0 Å². The van der Waals surface area contributed by atoms with Gasteiger partial charge in [-0.25, -0.2) is 0 Å². The van der Waals surface area contributed by atoms with Crippen LogP contribution in [0, 0.1) is 0 Å². The molecule has 0 spiro atoms. The van der Waals surface area contributed by atoms with Crippen molar-refractivity contribution in [2.24, 2.45) is 5.73 Å². The van der Waals surface area contributed by atoms with Crippen LogP contribution in [0.3, 0.4) is 0 Å². The lowest BCUT2D eigenvalue weighted by Crippen LogP contribution is -2.33. The van der Waals surface area contributed by atoms with Crippen LogP contribution in [0.2, 0.25) is 0 Å². The SMILES string of the molecule is CCCCNC(=O)CSCCC(N)C(=O)OCC. The van der Waals surface area contributed by atoms with Crippen LogP contribution in [0.1, 0.15) is 33.1 Å². The molecule has 0 fully saturated rings. The molecule has 6 heteroatoms.